The van der Waals surface area contributed by atoms with E-state index in [1.54, 1.807) is 6.20 Å². The van der Waals surface area contributed by atoms with Gasteiger partial charge in [-0.25, -0.2) is 4.99 Å². The third kappa shape index (κ3) is 2.55. The van der Waals surface area contributed by atoms with Gasteiger partial charge in [0.2, 0.25) is 0 Å². The molecule has 1 rings (SSSR count). The maximum absolute atomic E-state index is 4.44. The molecule has 0 bridgehead atoms. The summed E-state index contributed by atoms with van der Waals surface area (Å²) in [5, 5.41) is 0. The van der Waals surface area contributed by atoms with Crippen molar-refractivity contribution in [1.82, 2.24) is 4.90 Å². The van der Waals surface area contributed by atoms with Crippen molar-refractivity contribution in [3.05, 3.63) is 23.7 Å². The van der Waals surface area contributed by atoms with Crippen molar-refractivity contribution in [3.63, 3.8) is 0 Å². The van der Waals surface area contributed by atoms with Crippen molar-refractivity contribution < 1.29 is 0 Å². The van der Waals surface area contributed by atoms with E-state index in [2.05, 4.69) is 45.1 Å². The van der Waals surface area contributed by atoms with E-state index in [9.17, 15) is 0 Å². The van der Waals surface area contributed by atoms with Crippen LogP contribution in [0.4, 0.5) is 0 Å². The molecule has 0 aliphatic carbocycles. The van der Waals surface area contributed by atoms with Crippen LogP contribution >= 0.6 is 0 Å². The number of likely N-dealkylation sites (N-methyl/N-ethyl adjacent to an activating group) is 1. The Kier molecular flexibility index (Phi) is 4.25. The topological polar surface area (TPSA) is 15.6 Å². The van der Waals surface area contributed by atoms with Crippen LogP contribution in [0.1, 0.15) is 20.8 Å². The fraction of sp³-hybridized carbons (Fsp3) is 0.545. The molecule has 0 saturated carbocycles. The number of amidine groups is 1. The standard InChI is InChI=1S/C11H20B2N2/c1-5-14-11-10(9(4)12)13-7-8(3)15(11)6-2/h5,8,13H,1,6-7,12H2,2-4H3/b10-9-,14-11+. The smallest absolute Gasteiger partial charge is 0.163 e. The van der Waals surface area contributed by atoms with Gasteiger partial charge in [0, 0.05) is 18.8 Å². The summed E-state index contributed by atoms with van der Waals surface area (Å²) >= 11 is 0. The van der Waals surface area contributed by atoms with Crippen LogP contribution in [0.5, 0.6) is 0 Å². The van der Waals surface area contributed by atoms with Gasteiger partial charge in [-0.3, -0.25) is 0 Å². The molecule has 1 heterocycles. The van der Waals surface area contributed by atoms with Crippen LogP contribution in [-0.2, 0) is 0 Å². The maximum atomic E-state index is 4.44. The normalized spacial score (nSPS) is 27.5. The highest BCUT2D eigenvalue weighted by Crippen LogP contribution is 2.20. The first kappa shape index (κ1) is 12.2. The Hall–Kier alpha value is -0.920. The Morgan fingerprint density at radius 2 is 2.47 bits per heavy atom. The predicted molar refractivity (Wildman–Crippen MR) is 72.7 cm³/mol. The Balaban J connectivity index is 3.10. The number of aliphatic imine (C=N–C) groups is 1. The Morgan fingerprint density at radius 3 is 2.93 bits per heavy atom. The van der Waals surface area contributed by atoms with Crippen LogP contribution in [0, 0.1) is 0 Å². The van der Waals surface area contributed by atoms with Crippen molar-refractivity contribution in [2.75, 3.05) is 6.54 Å². The molecule has 80 valence electrons. The summed E-state index contributed by atoms with van der Waals surface area (Å²) in [4.78, 5) is 6.81. The lowest BCUT2D eigenvalue weighted by molar-refractivity contribution is 0.362. The van der Waals surface area contributed by atoms with Gasteiger partial charge >= 0.3 is 0 Å². The second kappa shape index (κ2) is 5.24. The summed E-state index contributed by atoms with van der Waals surface area (Å²) in [5.74, 6) is 1.13. The van der Waals surface area contributed by atoms with Gasteiger partial charge in [-0.15, -0.1) is 5.47 Å². The number of nitrogens with zero attached hydrogens (tertiary/aromatic N) is 2. The van der Waals surface area contributed by atoms with E-state index < -0.39 is 0 Å². The first-order valence-corrected chi connectivity index (χ1v) is 5.73. The molecule has 2 nitrogen and oxygen atoms in total. The molecule has 0 N–H and O–H groups in total. The minimum atomic E-state index is 0.594. The Morgan fingerprint density at radius 1 is 1.80 bits per heavy atom. The summed E-state index contributed by atoms with van der Waals surface area (Å²) in [5.41, 5.74) is 2.77. The number of rotatable bonds is 2. The Bertz CT molecular complexity index is 304. The molecule has 0 aromatic rings. The van der Waals surface area contributed by atoms with Gasteiger partial charge < -0.3 is 4.90 Å². The molecule has 0 radical (unpaired) electrons. The van der Waals surface area contributed by atoms with Crippen LogP contribution in [0.2, 0.25) is 6.32 Å². The quantitative estimate of drug-likeness (QED) is 0.609. The summed E-state index contributed by atoms with van der Waals surface area (Å²) in [7, 11) is 3.31. The molecule has 15 heavy (non-hydrogen) atoms. The van der Waals surface area contributed by atoms with Gasteiger partial charge in [0.25, 0.3) is 0 Å². The molecular weight excluding hydrogens is 182 g/mol. The summed E-state index contributed by atoms with van der Waals surface area (Å²) in [6, 6.07) is 0.594. The SMILES string of the molecule is B/C(C)=C1\BCC(C)N(CC)\C1=N\C=C. The molecule has 1 atom stereocenters. The first-order chi connectivity index (χ1) is 7.11. The van der Waals surface area contributed by atoms with Crippen molar-refractivity contribution in [2.45, 2.75) is 33.1 Å². The van der Waals surface area contributed by atoms with Gasteiger partial charge in [-0.2, -0.15) is 0 Å². The summed E-state index contributed by atoms with van der Waals surface area (Å²) in [6.07, 6.45) is 2.88. The van der Waals surface area contributed by atoms with Gasteiger partial charge in [0.15, 0.2) is 7.28 Å². The largest absolute Gasteiger partial charge is 0.355 e. The zero-order valence-corrected chi connectivity index (χ0v) is 10.4. The fourth-order valence-corrected chi connectivity index (χ4v) is 2.18. The molecule has 1 fully saturated rings. The molecule has 1 aliphatic heterocycles. The Labute approximate surface area is 94.8 Å². The molecule has 0 aromatic carbocycles. The molecular formula is C11H20B2N2. The van der Waals surface area contributed by atoms with Gasteiger partial charge in [-0.05, 0) is 13.8 Å². The first-order valence-electron chi connectivity index (χ1n) is 5.73. The number of hydrogen-bond donors (Lipinski definition) is 0. The van der Waals surface area contributed by atoms with Gasteiger partial charge in [0.05, 0.1) is 0 Å². The van der Waals surface area contributed by atoms with Crippen LogP contribution in [0.25, 0.3) is 0 Å². The maximum Gasteiger partial charge on any atom is 0.163 e. The van der Waals surface area contributed by atoms with Crippen LogP contribution in [0.15, 0.2) is 28.7 Å². The minimum Gasteiger partial charge on any atom is -0.355 e. The molecule has 1 unspecified atom stereocenters. The van der Waals surface area contributed by atoms with E-state index in [4.69, 9.17) is 0 Å². The van der Waals surface area contributed by atoms with E-state index >= 15 is 0 Å². The summed E-state index contributed by atoms with van der Waals surface area (Å²) in [6.45, 7) is 11.3. The van der Waals surface area contributed by atoms with Crippen molar-refractivity contribution in [3.8, 4) is 0 Å². The average molecular weight is 202 g/mol. The number of hydrogen-bond acceptors (Lipinski definition) is 1. The lowest BCUT2D eigenvalue weighted by Crippen LogP contribution is -2.45. The van der Waals surface area contributed by atoms with Crippen LogP contribution < -0.4 is 0 Å². The number of allylic oxidation sites excluding steroid dienone is 1. The van der Waals surface area contributed by atoms with Crippen molar-refractivity contribution in [2.24, 2.45) is 4.99 Å². The second-order valence-corrected chi connectivity index (χ2v) is 4.29. The lowest BCUT2D eigenvalue weighted by atomic mass is 9.57. The zero-order chi connectivity index (χ0) is 11.4. The van der Waals surface area contributed by atoms with Crippen molar-refractivity contribution in [1.29, 1.82) is 0 Å². The van der Waals surface area contributed by atoms with E-state index in [0.717, 1.165) is 19.7 Å². The van der Waals surface area contributed by atoms with Gasteiger partial charge in [0.1, 0.15) is 13.7 Å². The van der Waals surface area contributed by atoms with Gasteiger partial charge in [-0.1, -0.05) is 25.3 Å². The van der Waals surface area contributed by atoms with E-state index in [1.807, 2.05) is 0 Å². The highest BCUT2D eigenvalue weighted by molar-refractivity contribution is 6.58. The van der Waals surface area contributed by atoms with E-state index in [0.29, 0.717) is 6.04 Å². The molecule has 1 saturated heterocycles. The van der Waals surface area contributed by atoms with E-state index in [1.165, 1.54) is 17.3 Å². The fourth-order valence-electron chi connectivity index (χ4n) is 2.18. The highest BCUT2D eigenvalue weighted by atomic mass is 15.2. The monoisotopic (exact) mass is 202 g/mol. The molecule has 4 heteroatoms. The second-order valence-electron chi connectivity index (χ2n) is 4.29. The average Bonchev–Trinajstić information content (AvgIpc) is 2.18. The van der Waals surface area contributed by atoms with Crippen LogP contribution in [-0.4, -0.2) is 38.4 Å². The minimum absolute atomic E-state index is 0.594. The van der Waals surface area contributed by atoms with Crippen LogP contribution in [0.3, 0.4) is 0 Å². The highest BCUT2D eigenvalue weighted by Gasteiger charge is 2.26. The molecule has 1 aliphatic rings. The predicted octanol–water partition coefficient (Wildman–Crippen LogP) is 0.972. The zero-order valence-electron chi connectivity index (χ0n) is 10.4. The van der Waals surface area contributed by atoms with Crippen molar-refractivity contribution >= 4 is 21.0 Å². The summed E-state index contributed by atoms with van der Waals surface area (Å²) < 4.78 is 0. The lowest BCUT2D eigenvalue weighted by Gasteiger charge is -2.37. The van der Waals surface area contributed by atoms with E-state index in [-0.39, 0.29) is 0 Å². The third-order valence-corrected chi connectivity index (χ3v) is 3.04. The molecule has 0 spiro atoms. The third-order valence-electron chi connectivity index (χ3n) is 3.04. The molecule has 0 amide bonds. The molecule has 0 aromatic heterocycles.